The summed E-state index contributed by atoms with van der Waals surface area (Å²) < 4.78 is 0. The normalized spacial score (nSPS) is 23.5. The summed E-state index contributed by atoms with van der Waals surface area (Å²) in [7, 11) is 8.13. The van der Waals surface area contributed by atoms with Crippen LogP contribution in [0.2, 0.25) is 0 Å². The first-order valence-corrected chi connectivity index (χ1v) is 37.0. The van der Waals surface area contributed by atoms with E-state index >= 15 is 0 Å². The van der Waals surface area contributed by atoms with E-state index in [2.05, 4.69) is 46.5 Å². The van der Waals surface area contributed by atoms with Crippen LogP contribution in [0.3, 0.4) is 0 Å². The van der Waals surface area contributed by atoms with Crippen LogP contribution in [0.25, 0.3) is 0 Å². The number of carbonyl (C=O) groups excluding carboxylic acids is 10. The minimum atomic E-state index is -0.665. The Morgan fingerprint density at radius 3 is 1.02 bits per heavy atom. The molecular weight excluding hydrogens is 1330 g/mol. The molecule has 10 amide bonds. The first kappa shape index (κ1) is 93.5. The molecule has 105 heavy (non-hydrogen) atoms. The number of aromatic nitrogens is 4. The van der Waals surface area contributed by atoms with Gasteiger partial charge in [-0.25, -0.2) is 4.98 Å². The van der Waals surface area contributed by atoms with E-state index in [0.29, 0.717) is 37.9 Å². The number of benzene rings is 1. The zero-order valence-corrected chi connectivity index (χ0v) is 68.8. The molecule has 10 atom stereocenters. The van der Waals surface area contributed by atoms with Crippen LogP contribution in [0.15, 0.2) is 97.8 Å². The molecule has 580 valence electrons. The van der Waals surface area contributed by atoms with Gasteiger partial charge in [0.15, 0.2) is 0 Å². The van der Waals surface area contributed by atoms with Gasteiger partial charge in [0.05, 0.1) is 62.1 Å². The third-order valence-electron chi connectivity index (χ3n) is 20.5. The highest BCUT2D eigenvalue weighted by Gasteiger charge is 2.52. The number of nitrogens with zero attached hydrogens (tertiary/aromatic N) is 9. The van der Waals surface area contributed by atoms with E-state index in [1.54, 1.807) is 104 Å². The van der Waals surface area contributed by atoms with Gasteiger partial charge < -0.3 is 46.2 Å². The number of fused-ring (bicyclic) bond motifs is 5. The molecule has 0 unspecified atom stereocenters. The van der Waals surface area contributed by atoms with Crippen LogP contribution in [0.5, 0.6) is 0 Å². The number of amides is 10. The third kappa shape index (κ3) is 20.1. The molecule has 10 rings (SSSR count). The maximum atomic E-state index is 12.2. The summed E-state index contributed by atoms with van der Waals surface area (Å²) in [6, 6.07) is 17.9. The molecule has 0 bridgehead atoms. The minimum absolute atomic E-state index is 0.0271. The number of hydrogen-bond donors (Lipinski definition) is 5. The van der Waals surface area contributed by atoms with Crippen LogP contribution in [0, 0.1) is 27.1 Å². The predicted octanol–water partition coefficient (Wildman–Crippen LogP) is 11.4. The minimum Gasteiger partial charge on any atom is -0.359 e. The van der Waals surface area contributed by atoms with Gasteiger partial charge in [-0.3, -0.25) is 67.8 Å². The molecule has 5 aliphatic rings. The van der Waals surface area contributed by atoms with Crippen LogP contribution in [0.1, 0.15) is 201 Å². The average Bonchev–Trinajstić information content (AvgIpc) is 0.786. The summed E-state index contributed by atoms with van der Waals surface area (Å²) >= 11 is 0. The molecule has 0 saturated heterocycles. The van der Waals surface area contributed by atoms with Crippen molar-refractivity contribution in [1.29, 1.82) is 0 Å². The number of pyridine rings is 4. The van der Waals surface area contributed by atoms with Crippen LogP contribution in [-0.4, -0.2) is 144 Å². The summed E-state index contributed by atoms with van der Waals surface area (Å²) in [5.41, 5.74) is 4.90. The molecule has 24 heteroatoms. The first-order valence-electron chi connectivity index (χ1n) is 37.0. The fourth-order valence-electron chi connectivity index (χ4n) is 14.1. The number of anilines is 5. The van der Waals surface area contributed by atoms with E-state index in [0.717, 1.165) is 50.7 Å². The van der Waals surface area contributed by atoms with Gasteiger partial charge in [-0.05, 0) is 154 Å². The smallest absolute Gasteiger partial charge is 0.228 e. The number of rotatable bonds is 5. The van der Waals surface area contributed by atoms with E-state index in [1.807, 2.05) is 199 Å². The fourth-order valence-corrected chi connectivity index (χ4v) is 14.1. The van der Waals surface area contributed by atoms with E-state index in [4.69, 9.17) is 0 Å². The highest BCUT2D eigenvalue weighted by molar-refractivity contribution is 6.00. The SMILES string of the molecule is CC.CC.CC.CC.CC.CNC(=O)[C@@]1(C)Cc2ccccc2N(C(C)=O)[C@H]1C.CNC(=O)[C@@]1(C)Cc2cccnc2N(C(C)=O)[C@H]1C.CNC(=O)[C@@]1(C)Cc2ccncc2N(C(C)=O)[C@H]1C.CNC(=O)[C@@]1(C)Cc2cnccc2N(C(C)=O)[C@H]1C.CNC(=O)[C@@]1(C)Cc2ncccc2N(C(C)=O)[C@H]1C. The van der Waals surface area contributed by atoms with E-state index in [1.165, 1.54) is 27.7 Å². The van der Waals surface area contributed by atoms with Crippen LogP contribution in [0.4, 0.5) is 28.6 Å². The van der Waals surface area contributed by atoms with Crippen LogP contribution >= 0.6 is 0 Å². The van der Waals surface area contributed by atoms with Crippen molar-refractivity contribution in [3.05, 3.63) is 126 Å². The Kier molecular flexibility index (Phi) is 37.3. The standard InChI is InChI=1S/C15H20N2O2.4C14H19N3O2.5C2H6/c1-10-15(3,14(19)16-4)9-12-7-5-6-8-13(12)17(10)11(2)18;1-9-14(3,13(19)15-4)7-11-8-16-6-5-12(11)17(9)10(2)18;1-9-14(3,13(19)15-4)7-11-5-6-16-8-12(11)17(9)10(2)18;1-9-14(3,13(19)15-4)8-11-12(6-5-7-16-11)17(9)10(2)18;1-9-14(3,13(19)15-4)8-11-6-5-7-16-12(11)17(9)10(2)18;5*1-2/h5-8,10H,9H2,1-4H3,(H,16,19);2*5-6,8-9H,7H2,1-4H3,(H,15,19);2*5-7,9H,8H2,1-4H3,(H,15,19);5*1-2H3/t10-,15-;4*9-,14-;;;;;/m00000...../s1. The second kappa shape index (κ2) is 41.9. The molecule has 24 nitrogen and oxygen atoms in total. The van der Waals surface area contributed by atoms with Gasteiger partial charge >= 0.3 is 0 Å². The molecule has 5 aliphatic heterocycles. The van der Waals surface area contributed by atoms with E-state index in [-0.39, 0.29) is 89.3 Å². The lowest BCUT2D eigenvalue weighted by Crippen LogP contribution is -2.57. The van der Waals surface area contributed by atoms with Crippen molar-refractivity contribution in [3.63, 3.8) is 0 Å². The summed E-state index contributed by atoms with van der Waals surface area (Å²) in [5.74, 6) is 0.0855. The van der Waals surface area contributed by atoms with Gasteiger partial charge in [-0.2, -0.15) is 0 Å². The number of carbonyl (C=O) groups is 10. The van der Waals surface area contributed by atoms with Crippen molar-refractivity contribution in [1.82, 2.24) is 46.5 Å². The Hall–Kier alpha value is -9.48. The Morgan fingerprint density at radius 1 is 0.324 bits per heavy atom. The molecule has 9 heterocycles. The zero-order chi connectivity index (χ0) is 81.0. The Balaban J connectivity index is 0.000000636. The van der Waals surface area contributed by atoms with Crippen LogP contribution in [-0.2, 0) is 80.0 Å². The topological polar surface area (TPSA) is 299 Å². The lowest BCUT2D eigenvalue weighted by molar-refractivity contribution is -0.132. The average molecular weight is 1460 g/mol. The molecule has 5 N–H and O–H groups in total. The van der Waals surface area contributed by atoms with Gasteiger partial charge in [0.25, 0.3) is 0 Å². The van der Waals surface area contributed by atoms with Gasteiger partial charge in [-0.15, -0.1) is 0 Å². The Morgan fingerprint density at radius 2 is 0.610 bits per heavy atom. The zero-order valence-electron chi connectivity index (χ0n) is 68.8. The van der Waals surface area contributed by atoms with Crippen molar-refractivity contribution in [2.24, 2.45) is 27.1 Å². The maximum absolute atomic E-state index is 12.2. The summed E-state index contributed by atoms with van der Waals surface area (Å²) in [6.07, 6.45) is 13.1. The molecule has 0 saturated carbocycles. The van der Waals surface area contributed by atoms with Gasteiger partial charge in [0.2, 0.25) is 59.1 Å². The molecule has 0 spiro atoms. The highest BCUT2D eigenvalue weighted by atomic mass is 16.2. The molecule has 0 radical (unpaired) electrons. The van der Waals surface area contributed by atoms with E-state index < -0.39 is 27.1 Å². The Labute approximate surface area is 627 Å². The van der Waals surface area contributed by atoms with Crippen molar-refractivity contribution in [2.75, 3.05) is 59.7 Å². The predicted molar refractivity (Wildman–Crippen MR) is 423 cm³/mol. The van der Waals surface area contributed by atoms with Gasteiger partial charge in [0, 0.05) is 137 Å². The quantitative estimate of drug-likeness (QED) is 0.109. The second-order valence-corrected chi connectivity index (χ2v) is 26.3. The summed E-state index contributed by atoms with van der Waals surface area (Å²) in [4.78, 5) is 146. The van der Waals surface area contributed by atoms with Crippen molar-refractivity contribution in [2.45, 2.75) is 235 Å². The number of para-hydroxylation sites is 1. The van der Waals surface area contributed by atoms with Gasteiger partial charge in [-0.1, -0.05) is 93.5 Å². The molecule has 0 fully saturated rings. The van der Waals surface area contributed by atoms with Crippen molar-refractivity contribution in [3.8, 4) is 0 Å². The first-order chi connectivity index (χ1) is 49.6. The largest absolute Gasteiger partial charge is 0.359 e. The van der Waals surface area contributed by atoms with Crippen molar-refractivity contribution < 1.29 is 47.9 Å². The second-order valence-electron chi connectivity index (χ2n) is 26.3. The van der Waals surface area contributed by atoms with Gasteiger partial charge in [0.1, 0.15) is 5.82 Å². The third-order valence-corrected chi connectivity index (χ3v) is 20.5. The maximum Gasteiger partial charge on any atom is 0.228 e. The molecular formula is C81H126N14O10. The van der Waals surface area contributed by atoms with Crippen LogP contribution < -0.4 is 51.1 Å². The highest BCUT2D eigenvalue weighted by Crippen LogP contribution is 2.46. The molecule has 1 aromatic carbocycles. The molecule has 4 aromatic heterocycles. The van der Waals surface area contributed by atoms with E-state index in [9.17, 15) is 47.9 Å². The number of hydrogen-bond acceptors (Lipinski definition) is 14. The monoisotopic (exact) mass is 1450 g/mol. The van der Waals surface area contributed by atoms with Crippen molar-refractivity contribution >= 4 is 87.6 Å². The fraction of sp³-hybridized carbons (Fsp3) is 0.556. The Bertz CT molecular complexity index is 3200. The molecule has 5 aromatic rings. The number of nitrogens with one attached hydrogen (secondary N) is 5. The lowest BCUT2D eigenvalue weighted by Gasteiger charge is -2.45. The summed E-state index contributed by atoms with van der Waals surface area (Å²) in [6.45, 7) is 46.7. The molecule has 0 aliphatic carbocycles. The lowest BCUT2D eigenvalue weighted by atomic mass is 9.72. The summed E-state index contributed by atoms with van der Waals surface area (Å²) in [5, 5.41) is 13.5.